The van der Waals surface area contributed by atoms with E-state index in [1.807, 2.05) is 18.2 Å². The van der Waals surface area contributed by atoms with Gasteiger partial charge in [0.15, 0.2) is 11.5 Å². The fraction of sp³-hybridized carbons (Fsp3) is 0.316. The van der Waals surface area contributed by atoms with Gasteiger partial charge in [0.1, 0.15) is 6.61 Å². The van der Waals surface area contributed by atoms with Crippen molar-refractivity contribution in [3.05, 3.63) is 56.0 Å². The fourth-order valence-electron chi connectivity index (χ4n) is 2.64. The molecule has 10 heteroatoms. The molecule has 0 bridgehead atoms. The summed E-state index contributed by atoms with van der Waals surface area (Å²) in [6.07, 6.45) is 0.947. The number of rotatable bonds is 9. The van der Waals surface area contributed by atoms with Gasteiger partial charge >= 0.3 is 0 Å². The summed E-state index contributed by atoms with van der Waals surface area (Å²) in [6, 6.07) is 9.19. The first-order valence-electron chi connectivity index (χ1n) is 8.95. The van der Waals surface area contributed by atoms with Crippen molar-refractivity contribution in [1.29, 1.82) is 0 Å². The molecule has 0 aliphatic heterocycles. The van der Waals surface area contributed by atoms with Crippen molar-refractivity contribution in [2.45, 2.75) is 33.0 Å². The van der Waals surface area contributed by atoms with Gasteiger partial charge in [0.2, 0.25) is 5.95 Å². The summed E-state index contributed by atoms with van der Waals surface area (Å²) in [5, 5.41) is 16.0. The van der Waals surface area contributed by atoms with E-state index < -0.39 is 0 Å². The second-order valence-corrected chi connectivity index (χ2v) is 7.88. The molecule has 0 saturated heterocycles. The predicted octanol–water partition coefficient (Wildman–Crippen LogP) is 5.35. The lowest BCUT2D eigenvalue weighted by molar-refractivity contribution is 0.284. The Balaban J connectivity index is 1.71. The molecule has 0 radical (unpaired) electrons. The number of benzene rings is 2. The van der Waals surface area contributed by atoms with E-state index in [-0.39, 0.29) is 0 Å². The van der Waals surface area contributed by atoms with E-state index in [4.69, 9.17) is 32.7 Å². The number of aryl methyl sites for hydroxylation is 1. The molecule has 7 nitrogen and oxygen atoms in total. The topological polar surface area (TPSA) is 74.1 Å². The molecule has 1 aromatic heterocycles. The molecule has 154 valence electrons. The lowest BCUT2D eigenvalue weighted by Gasteiger charge is -2.15. The van der Waals surface area contributed by atoms with Crippen LogP contribution in [-0.2, 0) is 19.7 Å². The molecule has 2 aromatic carbocycles. The molecular weight excluding hydrogens is 481 g/mol. The van der Waals surface area contributed by atoms with Gasteiger partial charge in [0.25, 0.3) is 0 Å². The quantitative estimate of drug-likeness (QED) is 0.426. The van der Waals surface area contributed by atoms with E-state index in [1.165, 1.54) is 0 Å². The van der Waals surface area contributed by atoms with Crippen LogP contribution in [0.3, 0.4) is 0 Å². The maximum atomic E-state index is 6.07. The van der Waals surface area contributed by atoms with Crippen molar-refractivity contribution < 1.29 is 9.47 Å². The van der Waals surface area contributed by atoms with E-state index in [2.05, 4.69) is 43.7 Å². The first-order chi connectivity index (χ1) is 14.0. The lowest BCUT2D eigenvalue weighted by atomic mass is 10.2. The third-order valence-electron chi connectivity index (χ3n) is 4.12. The molecule has 3 aromatic rings. The minimum atomic E-state index is 0.336. The van der Waals surface area contributed by atoms with Gasteiger partial charge in [-0.15, -0.1) is 0 Å². The van der Waals surface area contributed by atoms with Crippen LogP contribution < -0.4 is 14.8 Å². The minimum absolute atomic E-state index is 0.336. The second-order valence-electron chi connectivity index (χ2n) is 6.21. The van der Waals surface area contributed by atoms with Crippen molar-refractivity contribution in [2.75, 3.05) is 12.4 Å². The van der Waals surface area contributed by atoms with Crippen molar-refractivity contribution in [2.24, 2.45) is 0 Å². The number of nitrogens with one attached hydrogen (secondary N) is 1. The molecule has 0 saturated carbocycles. The Morgan fingerprint density at radius 2 is 1.97 bits per heavy atom. The molecule has 0 spiro atoms. The van der Waals surface area contributed by atoms with Crippen LogP contribution in [0.25, 0.3) is 0 Å². The van der Waals surface area contributed by atoms with E-state index in [9.17, 15) is 0 Å². The van der Waals surface area contributed by atoms with Crippen LogP contribution in [0, 0.1) is 0 Å². The highest BCUT2D eigenvalue weighted by atomic mass is 79.9. The molecule has 3 rings (SSSR count). The average Bonchev–Trinajstić information content (AvgIpc) is 3.15. The van der Waals surface area contributed by atoms with E-state index >= 15 is 0 Å². The molecule has 0 fully saturated rings. The molecule has 1 heterocycles. The van der Waals surface area contributed by atoms with Crippen LogP contribution in [0.1, 0.15) is 24.5 Å². The molecule has 0 aliphatic rings. The van der Waals surface area contributed by atoms with E-state index in [1.54, 1.807) is 23.9 Å². The minimum Gasteiger partial charge on any atom is -0.493 e. The van der Waals surface area contributed by atoms with Crippen LogP contribution in [0.4, 0.5) is 5.95 Å². The Hall–Kier alpha value is -2.03. The fourth-order valence-corrected chi connectivity index (χ4v) is 3.43. The van der Waals surface area contributed by atoms with Crippen LogP contribution in [0.15, 0.2) is 34.8 Å². The molecule has 0 unspecified atom stereocenters. The summed E-state index contributed by atoms with van der Waals surface area (Å²) < 4.78 is 14.1. The van der Waals surface area contributed by atoms with Gasteiger partial charge < -0.3 is 14.8 Å². The second kappa shape index (κ2) is 10.1. The van der Waals surface area contributed by atoms with Gasteiger partial charge in [-0.05, 0) is 52.2 Å². The standard InChI is InChI=1S/C19H20BrCl2N5O2/c1-3-6-27-19(24-25-26-27)23-10-13-8-17(28-2)18(9-14(13)20)29-11-12-4-5-15(21)16(22)7-12/h4-5,7-9H,3,6,10-11H2,1-2H3,(H,23,24,26). The summed E-state index contributed by atoms with van der Waals surface area (Å²) >= 11 is 15.6. The number of nitrogens with zero attached hydrogens (tertiary/aromatic N) is 4. The Kier molecular flexibility index (Phi) is 7.57. The maximum absolute atomic E-state index is 6.07. The lowest BCUT2D eigenvalue weighted by Crippen LogP contribution is -2.09. The summed E-state index contributed by atoms with van der Waals surface area (Å²) in [5.74, 6) is 1.86. The Morgan fingerprint density at radius 1 is 1.14 bits per heavy atom. The molecule has 29 heavy (non-hydrogen) atoms. The summed E-state index contributed by atoms with van der Waals surface area (Å²) in [6.45, 7) is 3.68. The van der Waals surface area contributed by atoms with Crippen molar-refractivity contribution in [1.82, 2.24) is 20.2 Å². The Labute approximate surface area is 187 Å². The predicted molar refractivity (Wildman–Crippen MR) is 117 cm³/mol. The average molecular weight is 501 g/mol. The number of halogens is 3. The zero-order valence-electron chi connectivity index (χ0n) is 16.0. The number of aromatic nitrogens is 4. The van der Waals surface area contributed by atoms with Gasteiger partial charge in [-0.1, -0.05) is 57.2 Å². The largest absolute Gasteiger partial charge is 0.493 e. The molecular formula is C19H20BrCl2N5O2. The van der Waals surface area contributed by atoms with Crippen LogP contribution in [-0.4, -0.2) is 27.3 Å². The van der Waals surface area contributed by atoms with Gasteiger partial charge in [-0.2, -0.15) is 0 Å². The van der Waals surface area contributed by atoms with Gasteiger partial charge in [0, 0.05) is 17.6 Å². The molecule has 0 amide bonds. The van der Waals surface area contributed by atoms with Crippen LogP contribution in [0.5, 0.6) is 11.5 Å². The normalized spacial score (nSPS) is 10.8. The number of tetrazole rings is 1. The summed E-state index contributed by atoms with van der Waals surface area (Å²) in [7, 11) is 1.61. The number of ether oxygens (including phenoxy) is 2. The zero-order valence-corrected chi connectivity index (χ0v) is 19.1. The number of anilines is 1. The van der Waals surface area contributed by atoms with Crippen molar-refractivity contribution in [3.63, 3.8) is 0 Å². The first-order valence-corrected chi connectivity index (χ1v) is 10.5. The third-order valence-corrected chi connectivity index (χ3v) is 5.59. The molecule has 0 atom stereocenters. The number of hydrogen-bond donors (Lipinski definition) is 1. The Morgan fingerprint density at radius 3 is 2.69 bits per heavy atom. The summed E-state index contributed by atoms with van der Waals surface area (Å²) in [5.41, 5.74) is 1.89. The number of hydrogen-bond acceptors (Lipinski definition) is 6. The van der Waals surface area contributed by atoms with Crippen LogP contribution in [0.2, 0.25) is 10.0 Å². The highest BCUT2D eigenvalue weighted by Gasteiger charge is 2.13. The first kappa shape index (κ1) is 21.7. The van der Waals surface area contributed by atoms with Crippen LogP contribution >= 0.6 is 39.1 Å². The maximum Gasteiger partial charge on any atom is 0.243 e. The third kappa shape index (κ3) is 5.52. The zero-order chi connectivity index (χ0) is 20.8. The van der Waals surface area contributed by atoms with E-state index in [0.717, 1.165) is 28.6 Å². The number of methoxy groups -OCH3 is 1. The highest BCUT2D eigenvalue weighted by Crippen LogP contribution is 2.34. The van der Waals surface area contributed by atoms with Crippen molar-refractivity contribution >= 4 is 45.1 Å². The smallest absolute Gasteiger partial charge is 0.243 e. The SMILES string of the molecule is CCCn1nnnc1NCc1cc(OC)c(OCc2ccc(Cl)c(Cl)c2)cc1Br. The van der Waals surface area contributed by atoms with Gasteiger partial charge in [0.05, 0.1) is 17.2 Å². The van der Waals surface area contributed by atoms with Gasteiger partial charge in [-0.25, -0.2) is 4.68 Å². The highest BCUT2D eigenvalue weighted by molar-refractivity contribution is 9.10. The van der Waals surface area contributed by atoms with E-state index in [0.29, 0.717) is 40.6 Å². The van der Waals surface area contributed by atoms with Crippen molar-refractivity contribution in [3.8, 4) is 11.5 Å². The monoisotopic (exact) mass is 499 g/mol. The Bertz CT molecular complexity index is 983. The molecule has 1 N–H and O–H groups in total. The summed E-state index contributed by atoms with van der Waals surface area (Å²) in [4.78, 5) is 0. The molecule has 0 aliphatic carbocycles. The van der Waals surface area contributed by atoms with Gasteiger partial charge in [-0.3, -0.25) is 0 Å².